The van der Waals surface area contributed by atoms with Gasteiger partial charge in [-0.25, -0.2) is 4.39 Å². The number of hydrogen-bond acceptors (Lipinski definition) is 2. The maximum Gasteiger partial charge on any atom is 0.123 e. The van der Waals surface area contributed by atoms with Gasteiger partial charge < -0.3 is 4.90 Å². The largest absolute Gasteiger partial charge is 0.328 e. The average molecular weight is 347 g/mol. The van der Waals surface area contributed by atoms with Crippen LogP contribution in [0.25, 0.3) is 0 Å². The molecule has 2 aromatic rings. The molecular weight excluding hydrogens is 325 g/mol. The van der Waals surface area contributed by atoms with Crippen LogP contribution in [0.2, 0.25) is 5.02 Å². The summed E-state index contributed by atoms with van der Waals surface area (Å²) >= 11 is 6.25. The zero-order chi connectivity index (χ0) is 16.9. The molecule has 2 aromatic carbocycles. The van der Waals surface area contributed by atoms with E-state index in [9.17, 15) is 4.39 Å². The normalized spacial score (nSPS) is 16.5. The molecule has 0 unspecified atom stereocenters. The van der Waals surface area contributed by atoms with Gasteiger partial charge in [0.2, 0.25) is 0 Å². The minimum absolute atomic E-state index is 0.219. The molecule has 0 spiro atoms. The third-order valence-corrected chi connectivity index (χ3v) is 4.77. The number of hydrazone groups is 1. The fourth-order valence-electron chi connectivity index (χ4n) is 2.96. The number of hydrogen-bond donors (Lipinski definition) is 1. The summed E-state index contributed by atoms with van der Waals surface area (Å²) in [6, 6.07) is 14.5. The first kappa shape index (κ1) is 16.9. The van der Waals surface area contributed by atoms with Crippen LogP contribution < -0.4 is 4.90 Å². The molecule has 0 amide bonds. The van der Waals surface area contributed by atoms with Crippen LogP contribution in [0, 0.1) is 5.82 Å². The predicted molar refractivity (Wildman–Crippen MR) is 96.0 cm³/mol. The Labute approximate surface area is 147 Å². The van der Waals surface area contributed by atoms with E-state index in [-0.39, 0.29) is 5.82 Å². The molecule has 3 nitrogen and oxygen atoms in total. The number of nitrogens with one attached hydrogen (secondary N) is 1. The molecule has 0 radical (unpaired) electrons. The van der Waals surface area contributed by atoms with E-state index in [1.165, 1.54) is 22.6 Å². The highest BCUT2D eigenvalue weighted by atomic mass is 35.5. The number of piperazine rings is 1. The summed E-state index contributed by atoms with van der Waals surface area (Å²) in [5.74, 6) is -0.219. The second-order valence-corrected chi connectivity index (χ2v) is 6.57. The summed E-state index contributed by atoms with van der Waals surface area (Å²) in [7, 11) is 0. The third kappa shape index (κ3) is 4.34. The van der Waals surface area contributed by atoms with Crippen LogP contribution in [0.5, 0.6) is 0 Å². The smallest absolute Gasteiger partial charge is 0.123 e. The quantitative estimate of drug-likeness (QED) is 0.844. The standard InChI is InChI=1S/C19H21ClFN3/c1-15(16-6-8-18(21)9-7-16)22-24-12-10-23(11-13-24)14-17-4-2-3-5-19(17)20/h2-9H,10-14H2,1H3/p+1/b22-15-. The summed E-state index contributed by atoms with van der Waals surface area (Å²) in [6.07, 6.45) is 0. The van der Waals surface area contributed by atoms with Crippen LogP contribution in [0.15, 0.2) is 53.6 Å². The maximum absolute atomic E-state index is 13.0. The Bertz CT molecular complexity index is 707. The van der Waals surface area contributed by atoms with Gasteiger partial charge in [0.1, 0.15) is 12.4 Å². The molecule has 0 atom stereocenters. The van der Waals surface area contributed by atoms with Gasteiger partial charge in [-0.2, -0.15) is 5.10 Å². The van der Waals surface area contributed by atoms with Gasteiger partial charge in [-0.15, -0.1) is 0 Å². The minimum atomic E-state index is -0.219. The maximum atomic E-state index is 13.0. The van der Waals surface area contributed by atoms with Crippen molar-refractivity contribution in [2.75, 3.05) is 26.2 Å². The van der Waals surface area contributed by atoms with E-state index in [4.69, 9.17) is 11.6 Å². The number of halogens is 2. The Morgan fingerprint density at radius 1 is 1.12 bits per heavy atom. The Morgan fingerprint density at radius 2 is 1.79 bits per heavy atom. The molecule has 1 saturated heterocycles. The molecule has 1 N–H and O–H groups in total. The first-order valence-electron chi connectivity index (χ1n) is 8.25. The van der Waals surface area contributed by atoms with Crippen molar-refractivity contribution >= 4 is 17.3 Å². The zero-order valence-electron chi connectivity index (χ0n) is 13.8. The lowest BCUT2D eigenvalue weighted by Gasteiger charge is -2.31. The molecule has 3 rings (SSSR count). The highest BCUT2D eigenvalue weighted by Gasteiger charge is 2.20. The van der Waals surface area contributed by atoms with E-state index < -0.39 is 0 Å². The van der Waals surface area contributed by atoms with E-state index in [0.717, 1.165) is 49.0 Å². The topological polar surface area (TPSA) is 20.0 Å². The molecule has 0 saturated carbocycles. The molecule has 0 aromatic heterocycles. The molecule has 1 fully saturated rings. The predicted octanol–water partition coefficient (Wildman–Crippen LogP) is 2.60. The highest BCUT2D eigenvalue weighted by Crippen LogP contribution is 2.13. The minimum Gasteiger partial charge on any atom is -0.328 e. The van der Waals surface area contributed by atoms with Crippen LogP contribution in [0.1, 0.15) is 18.1 Å². The number of quaternary nitrogens is 1. The van der Waals surface area contributed by atoms with Gasteiger partial charge in [-0.05, 0) is 30.7 Å². The van der Waals surface area contributed by atoms with Crippen molar-refractivity contribution in [2.45, 2.75) is 13.5 Å². The van der Waals surface area contributed by atoms with Crippen molar-refractivity contribution in [1.82, 2.24) is 5.01 Å². The molecule has 0 aliphatic carbocycles. The third-order valence-electron chi connectivity index (χ3n) is 4.40. The van der Waals surface area contributed by atoms with Gasteiger partial charge in [0, 0.05) is 10.6 Å². The molecule has 24 heavy (non-hydrogen) atoms. The van der Waals surface area contributed by atoms with Crippen molar-refractivity contribution in [1.29, 1.82) is 0 Å². The lowest BCUT2D eigenvalue weighted by Crippen LogP contribution is -3.13. The molecule has 126 valence electrons. The van der Waals surface area contributed by atoms with Gasteiger partial charge in [0.25, 0.3) is 0 Å². The van der Waals surface area contributed by atoms with Crippen molar-refractivity contribution in [2.24, 2.45) is 5.10 Å². The van der Waals surface area contributed by atoms with E-state index in [1.807, 2.05) is 25.1 Å². The highest BCUT2D eigenvalue weighted by molar-refractivity contribution is 6.31. The number of rotatable bonds is 4. The zero-order valence-corrected chi connectivity index (χ0v) is 14.6. The second kappa shape index (κ2) is 7.77. The first-order valence-corrected chi connectivity index (χ1v) is 8.62. The van der Waals surface area contributed by atoms with Gasteiger partial charge in [0.15, 0.2) is 0 Å². The van der Waals surface area contributed by atoms with Gasteiger partial charge in [0.05, 0.1) is 31.9 Å². The summed E-state index contributed by atoms with van der Waals surface area (Å²) in [6.45, 7) is 6.82. The average Bonchev–Trinajstić information content (AvgIpc) is 2.59. The Kier molecular flexibility index (Phi) is 5.48. The van der Waals surface area contributed by atoms with Gasteiger partial charge in [-0.3, -0.25) is 5.01 Å². The lowest BCUT2D eigenvalue weighted by molar-refractivity contribution is -0.918. The van der Waals surface area contributed by atoms with Crippen LogP contribution in [0.4, 0.5) is 4.39 Å². The molecule has 1 aliphatic heterocycles. The van der Waals surface area contributed by atoms with E-state index in [0.29, 0.717) is 0 Å². The van der Waals surface area contributed by atoms with Crippen molar-refractivity contribution < 1.29 is 9.29 Å². The first-order chi connectivity index (χ1) is 11.6. The molecule has 1 aliphatic rings. The van der Waals surface area contributed by atoms with Crippen LogP contribution in [-0.2, 0) is 6.54 Å². The van der Waals surface area contributed by atoms with E-state index in [2.05, 4.69) is 16.2 Å². The van der Waals surface area contributed by atoms with Crippen LogP contribution >= 0.6 is 11.6 Å². The second-order valence-electron chi connectivity index (χ2n) is 6.16. The number of nitrogens with zero attached hydrogens (tertiary/aromatic N) is 2. The molecule has 1 heterocycles. The van der Waals surface area contributed by atoms with Gasteiger partial charge >= 0.3 is 0 Å². The SMILES string of the molecule is C/C(=N/N1CC[NH+](Cc2ccccc2Cl)CC1)c1ccc(F)cc1. The summed E-state index contributed by atoms with van der Waals surface area (Å²) < 4.78 is 13.0. The van der Waals surface area contributed by atoms with E-state index >= 15 is 0 Å². The van der Waals surface area contributed by atoms with Crippen molar-refractivity contribution in [3.05, 3.63) is 70.5 Å². The Morgan fingerprint density at radius 3 is 2.46 bits per heavy atom. The van der Waals surface area contributed by atoms with Gasteiger partial charge in [-0.1, -0.05) is 41.9 Å². The fraction of sp³-hybridized carbons (Fsp3) is 0.316. The Hall–Kier alpha value is -1.91. The fourth-order valence-corrected chi connectivity index (χ4v) is 3.16. The summed E-state index contributed by atoms with van der Waals surface area (Å²) in [5.41, 5.74) is 3.08. The molecule has 5 heteroatoms. The van der Waals surface area contributed by atoms with E-state index in [1.54, 1.807) is 12.1 Å². The summed E-state index contributed by atoms with van der Waals surface area (Å²) in [5, 5.41) is 7.63. The monoisotopic (exact) mass is 346 g/mol. The van der Waals surface area contributed by atoms with Crippen molar-refractivity contribution in [3.8, 4) is 0 Å². The molecular formula is C19H22ClFN3+. The summed E-state index contributed by atoms with van der Waals surface area (Å²) in [4.78, 5) is 1.52. The lowest BCUT2D eigenvalue weighted by atomic mass is 10.1. The van der Waals surface area contributed by atoms with Crippen LogP contribution in [-0.4, -0.2) is 36.9 Å². The number of benzene rings is 2. The Balaban J connectivity index is 1.56. The van der Waals surface area contributed by atoms with Crippen LogP contribution in [0.3, 0.4) is 0 Å². The van der Waals surface area contributed by atoms with Crippen molar-refractivity contribution in [3.63, 3.8) is 0 Å². The molecule has 0 bridgehead atoms.